The first-order valence-corrected chi connectivity index (χ1v) is 12.7. The maximum Gasteiger partial charge on any atom is 0.253 e. The molecule has 1 fully saturated rings. The van der Waals surface area contributed by atoms with Gasteiger partial charge in [0.05, 0.1) is 15.5 Å². The van der Waals surface area contributed by atoms with Crippen molar-refractivity contribution in [2.24, 2.45) is 0 Å². The number of amides is 1. The molecule has 0 aliphatic carbocycles. The van der Waals surface area contributed by atoms with E-state index in [-0.39, 0.29) is 22.0 Å². The van der Waals surface area contributed by atoms with Gasteiger partial charge in [0.2, 0.25) is 10.0 Å². The number of hydrogen-bond donors (Lipinski definition) is 2. The molecule has 1 amide bonds. The lowest BCUT2D eigenvalue weighted by Gasteiger charge is -2.31. The summed E-state index contributed by atoms with van der Waals surface area (Å²) < 4.78 is 37.6. The number of hydrogen-bond acceptors (Lipinski definition) is 6. The molecule has 3 rings (SSSR count). The van der Waals surface area contributed by atoms with Gasteiger partial charge in [-0.2, -0.15) is 0 Å². The Morgan fingerprint density at radius 1 is 1.21 bits per heavy atom. The summed E-state index contributed by atoms with van der Waals surface area (Å²) in [5.41, 5.74) is 0.949. The van der Waals surface area contributed by atoms with Crippen molar-refractivity contribution >= 4 is 27.5 Å². The zero-order valence-corrected chi connectivity index (χ0v) is 20.4. The molecule has 8 nitrogen and oxygen atoms in total. The van der Waals surface area contributed by atoms with Crippen LogP contribution in [0.1, 0.15) is 28.8 Å². The number of benzene rings is 2. The normalized spacial score (nSPS) is 14.9. The van der Waals surface area contributed by atoms with Crippen LogP contribution in [0.25, 0.3) is 0 Å². The minimum Gasteiger partial charge on any atom is -0.492 e. The molecule has 0 unspecified atom stereocenters. The molecule has 0 atom stereocenters. The van der Waals surface area contributed by atoms with Crippen LogP contribution in [0, 0.1) is 0 Å². The number of carbonyl (C=O) groups is 1. The van der Waals surface area contributed by atoms with Crippen LogP contribution in [0.15, 0.2) is 47.4 Å². The van der Waals surface area contributed by atoms with E-state index < -0.39 is 15.9 Å². The van der Waals surface area contributed by atoms with Crippen LogP contribution < -0.4 is 14.8 Å². The molecule has 1 heterocycles. The molecule has 1 aliphatic rings. The highest BCUT2D eigenvalue weighted by Crippen LogP contribution is 2.21. The molecule has 33 heavy (non-hydrogen) atoms. The Bertz CT molecular complexity index is 1060. The van der Waals surface area contributed by atoms with Crippen molar-refractivity contribution in [1.82, 2.24) is 14.9 Å². The van der Waals surface area contributed by atoms with Crippen LogP contribution in [0.5, 0.6) is 5.75 Å². The average molecular weight is 496 g/mol. The van der Waals surface area contributed by atoms with Crippen molar-refractivity contribution in [3.63, 3.8) is 0 Å². The number of sulfonamides is 1. The summed E-state index contributed by atoms with van der Waals surface area (Å²) in [4.78, 5) is 14.9. The van der Waals surface area contributed by atoms with Gasteiger partial charge in [-0.3, -0.25) is 9.69 Å². The topological polar surface area (TPSA) is 97.0 Å². The summed E-state index contributed by atoms with van der Waals surface area (Å²) in [6, 6.07) is 12.0. The Hall–Kier alpha value is -2.17. The van der Waals surface area contributed by atoms with Crippen LogP contribution in [0.4, 0.5) is 0 Å². The Morgan fingerprint density at radius 2 is 1.97 bits per heavy atom. The molecule has 0 aromatic heterocycles. The lowest BCUT2D eigenvalue weighted by molar-refractivity contribution is 0.0392. The first-order valence-electron chi connectivity index (χ1n) is 10.8. The van der Waals surface area contributed by atoms with Gasteiger partial charge < -0.3 is 14.8 Å². The van der Waals surface area contributed by atoms with E-state index in [0.29, 0.717) is 12.6 Å². The summed E-state index contributed by atoms with van der Waals surface area (Å²) in [6.45, 7) is 3.24. The number of halogens is 1. The predicted molar refractivity (Wildman–Crippen MR) is 127 cm³/mol. The van der Waals surface area contributed by atoms with Gasteiger partial charge in [-0.1, -0.05) is 23.7 Å². The number of rotatable bonds is 10. The number of nitrogens with one attached hydrogen (secondary N) is 2. The average Bonchev–Trinajstić information content (AvgIpc) is 2.83. The fourth-order valence-corrected chi connectivity index (χ4v) is 4.56. The Morgan fingerprint density at radius 3 is 2.70 bits per heavy atom. The van der Waals surface area contributed by atoms with E-state index in [1.165, 1.54) is 25.2 Å². The Labute approximate surface area is 200 Å². The molecular formula is C23H30ClN3O5S. The maximum atomic E-state index is 12.6. The highest BCUT2D eigenvalue weighted by molar-refractivity contribution is 7.89. The fraction of sp³-hybridized carbons (Fsp3) is 0.435. The Kier molecular flexibility index (Phi) is 9.10. The van der Waals surface area contributed by atoms with Gasteiger partial charge in [-0.05, 0) is 62.8 Å². The summed E-state index contributed by atoms with van der Waals surface area (Å²) in [5.74, 6) is 0.264. The highest BCUT2D eigenvalue weighted by atomic mass is 35.5. The first kappa shape index (κ1) is 25.5. The molecule has 2 N–H and O–H groups in total. The SMILES string of the molecule is CNS(=O)(=O)c1ccc(Cl)c(C(=O)NCc2cccc(OCCN(C)C3CCOCC3)c2)c1. The summed E-state index contributed by atoms with van der Waals surface area (Å²) >= 11 is 6.12. The van der Waals surface area contributed by atoms with E-state index in [0.717, 1.165) is 43.9 Å². The predicted octanol–water partition coefficient (Wildman–Crippen LogP) is 2.67. The van der Waals surface area contributed by atoms with Gasteiger partial charge in [-0.15, -0.1) is 0 Å². The molecule has 10 heteroatoms. The summed E-state index contributed by atoms with van der Waals surface area (Å²) in [5, 5.41) is 2.96. The quantitative estimate of drug-likeness (QED) is 0.526. The number of nitrogens with zero attached hydrogens (tertiary/aromatic N) is 1. The van der Waals surface area contributed by atoms with Gasteiger partial charge in [0.15, 0.2) is 0 Å². The highest BCUT2D eigenvalue weighted by Gasteiger charge is 2.19. The fourth-order valence-electron chi connectivity index (χ4n) is 3.60. The van der Waals surface area contributed by atoms with Crippen molar-refractivity contribution in [1.29, 1.82) is 0 Å². The third-order valence-electron chi connectivity index (χ3n) is 5.64. The van der Waals surface area contributed by atoms with Crippen LogP contribution in [0.3, 0.4) is 0 Å². The van der Waals surface area contributed by atoms with E-state index in [1.54, 1.807) is 0 Å². The van der Waals surface area contributed by atoms with Crippen molar-refractivity contribution < 1.29 is 22.7 Å². The van der Waals surface area contributed by atoms with Gasteiger partial charge in [-0.25, -0.2) is 13.1 Å². The standard InChI is InChI=1S/C23H30ClN3O5S/c1-25-33(29,30)20-6-7-22(24)21(15-20)23(28)26-16-17-4-3-5-19(14-17)32-13-10-27(2)18-8-11-31-12-9-18/h3-7,14-15,18,25H,8-13,16H2,1-2H3,(H,26,28). The Balaban J connectivity index is 1.54. The smallest absolute Gasteiger partial charge is 0.253 e. The molecule has 0 radical (unpaired) electrons. The van der Waals surface area contributed by atoms with E-state index in [9.17, 15) is 13.2 Å². The molecule has 0 bridgehead atoms. The molecular weight excluding hydrogens is 466 g/mol. The largest absolute Gasteiger partial charge is 0.492 e. The molecule has 0 saturated carbocycles. The lowest BCUT2D eigenvalue weighted by atomic mass is 10.1. The second-order valence-corrected chi connectivity index (χ2v) is 10.1. The molecule has 2 aromatic rings. The van der Waals surface area contributed by atoms with Gasteiger partial charge >= 0.3 is 0 Å². The number of likely N-dealkylation sites (N-methyl/N-ethyl adjacent to an activating group) is 1. The van der Waals surface area contributed by atoms with Crippen LogP contribution in [-0.2, 0) is 21.3 Å². The van der Waals surface area contributed by atoms with Crippen molar-refractivity contribution in [3.8, 4) is 5.75 Å². The maximum absolute atomic E-state index is 12.6. The van der Waals surface area contributed by atoms with Crippen LogP contribution in [-0.4, -0.2) is 65.7 Å². The van der Waals surface area contributed by atoms with Crippen molar-refractivity contribution in [2.75, 3.05) is 40.5 Å². The molecule has 2 aromatic carbocycles. The zero-order chi connectivity index (χ0) is 23.8. The minimum absolute atomic E-state index is 0.0272. The molecule has 0 spiro atoms. The first-order chi connectivity index (χ1) is 15.8. The summed E-state index contributed by atoms with van der Waals surface area (Å²) in [7, 11) is -0.269. The van der Waals surface area contributed by atoms with E-state index in [1.807, 2.05) is 24.3 Å². The van der Waals surface area contributed by atoms with Gasteiger partial charge in [0.1, 0.15) is 12.4 Å². The molecule has 1 saturated heterocycles. The summed E-state index contributed by atoms with van der Waals surface area (Å²) in [6.07, 6.45) is 2.08. The molecule has 180 valence electrons. The van der Waals surface area contributed by atoms with Gasteiger partial charge in [0.25, 0.3) is 5.91 Å². The third-order valence-corrected chi connectivity index (χ3v) is 7.38. The van der Waals surface area contributed by atoms with Crippen LogP contribution >= 0.6 is 11.6 Å². The van der Waals surface area contributed by atoms with Crippen molar-refractivity contribution in [2.45, 2.75) is 30.3 Å². The van der Waals surface area contributed by atoms with E-state index >= 15 is 0 Å². The molecule has 1 aliphatic heterocycles. The number of carbonyl (C=O) groups excluding carboxylic acids is 1. The van der Waals surface area contributed by atoms with Gasteiger partial charge in [0, 0.05) is 32.3 Å². The van der Waals surface area contributed by atoms with Crippen molar-refractivity contribution in [3.05, 3.63) is 58.6 Å². The minimum atomic E-state index is -3.68. The lowest BCUT2D eigenvalue weighted by Crippen LogP contribution is -2.38. The monoisotopic (exact) mass is 495 g/mol. The second kappa shape index (κ2) is 11.8. The van der Waals surface area contributed by atoms with E-state index in [4.69, 9.17) is 21.1 Å². The number of ether oxygens (including phenoxy) is 2. The zero-order valence-electron chi connectivity index (χ0n) is 18.8. The third kappa shape index (κ3) is 7.15. The second-order valence-electron chi connectivity index (χ2n) is 7.85. The van der Waals surface area contributed by atoms with Crippen LogP contribution in [0.2, 0.25) is 5.02 Å². The van der Waals surface area contributed by atoms with E-state index in [2.05, 4.69) is 22.0 Å².